The minimum atomic E-state index is -0.802. The van der Waals surface area contributed by atoms with Crippen LogP contribution >= 0.6 is 0 Å². The number of carbonyl (C=O) groups excluding carboxylic acids is 2. The number of carbonyl (C=O) groups is 2. The summed E-state index contributed by atoms with van der Waals surface area (Å²) in [4.78, 5) is 22.4. The Balaban J connectivity index is 3.67. The molecule has 0 aliphatic carbocycles. The average Bonchev–Trinajstić information content (AvgIpc) is 2.69. The van der Waals surface area contributed by atoms with E-state index in [1.54, 1.807) is 0 Å². The van der Waals surface area contributed by atoms with Crippen molar-refractivity contribution in [3.8, 4) is 0 Å². The van der Waals surface area contributed by atoms with Gasteiger partial charge in [0, 0.05) is 13.3 Å². The number of unbranched alkanes of at least 4 members (excludes halogenated alkanes) is 4. The summed E-state index contributed by atoms with van der Waals surface area (Å²) in [7, 11) is 0. The van der Waals surface area contributed by atoms with Gasteiger partial charge in [-0.05, 0) is 25.7 Å². The monoisotopic (exact) mass is 410 g/mol. The van der Waals surface area contributed by atoms with Crippen molar-refractivity contribution in [2.24, 2.45) is 0 Å². The second kappa shape index (κ2) is 19.4. The zero-order chi connectivity index (χ0) is 21.7. The minimum absolute atomic E-state index is 0.125. The molecule has 0 aromatic heterocycles. The Hall–Kier alpha value is -1.92. The summed E-state index contributed by atoms with van der Waals surface area (Å²) in [6, 6.07) is 0. The van der Waals surface area contributed by atoms with Crippen molar-refractivity contribution in [1.29, 1.82) is 0 Å². The average molecular weight is 411 g/mol. The van der Waals surface area contributed by atoms with Crippen LogP contribution in [0.2, 0.25) is 0 Å². The molecule has 0 heterocycles. The Labute approximate surface area is 175 Å². The number of esters is 2. The van der Waals surface area contributed by atoms with Crippen molar-refractivity contribution in [1.82, 2.24) is 0 Å². The second-order valence-corrected chi connectivity index (χ2v) is 6.90. The van der Waals surface area contributed by atoms with Crippen molar-refractivity contribution < 1.29 is 29.3 Å². The molecule has 29 heavy (non-hydrogen) atoms. The maximum absolute atomic E-state index is 11.7. The Morgan fingerprint density at radius 2 is 1.72 bits per heavy atom. The van der Waals surface area contributed by atoms with Crippen LogP contribution in [0.5, 0.6) is 0 Å². The van der Waals surface area contributed by atoms with E-state index in [9.17, 15) is 14.7 Å². The number of aliphatic hydroxyl groups is 2. The zero-order valence-corrected chi connectivity index (χ0v) is 17.9. The first-order chi connectivity index (χ1) is 14.0. The molecule has 0 bridgehead atoms. The van der Waals surface area contributed by atoms with Gasteiger partial charge in [-0.25, -0.2) is 0 Å². The van der Waals surface area contributed by atoms with Gasteiger partial charge in [-0.1, -0.05) is 69.1 Å². The highest BCUT2D eigenvalue weighted by molar-refractivity contribution is 5.69. The molecule has 0 saturated heterocycles. The highest BCUT2D eigenvalue weighted by Crippen LogP contribution is 2.10. The van der Waals surface area contributed by atoms with Crippen LogP contribution in [-0.4, -0.2) is 47.6 Å². The third-order valence-corrected chi connectivity index (χ3v) is 4.11. The molecule has 6 heteroatoms. The molecule has 166 valence electrons. The predicted molar refractivity (Wildman–Crippen MR) is 114 cm³/mol. The fourth-order valence-corrected chi connectivity index (χ4v) is 2.52. The molecule has 0 aliphatic rings. The lowest BCUT2D eigenvalue weighted by atomic mass is 10.1. The number of aliphatic hydroxyl groups excluding tert-OH is 2. The van der Waals surface area contributed by atoms with Crippen LogP contribution in [-0.2, 0) is 19.1 Å². The van der Waals surface area contributed by atoms with E-state index in [-0.39, 0.29) is 19.6 Å². The molecule has 0 aromatic rings. The number of allylic oxidation sites excluding steroid dienone is 5. The van der Waals surface area contributed by atoms with E-state index in [1.165, 1.54) is 6.92 Å². The van der Waals surface area contributed by atoms with Crippen LogP contribution in [0.4, 0.5) is 0 Å². The summed E-state index contributed by atoms with van der Waals surface area (Å²) in [5.41, 5.74) is 0. The van der Waals surface area contributed by atoms with Gasteiger partial charge in [0.2, 0.25) is 0 Å². The maximum Gasteiger partial charge on any atom is 0.306 e. The van der Waals surface area contributed by atoms with E-state index in [2.05, 4.69) is 25.2 Å². The van der Waals surface area contributed by atoms with E-state index < -0.39 is 24.1 Å². The molecule has 0 aromatic carbocycles. The lowest BCUT2D eigenvalue weighted by Crippen LogP contribution is -2.28. The minimum Gasteiger partial charge on any atom is -0.462 e. The molecule has 0 amide bonds. The van der Waals surface area contributed by atoms with Crippen LogP contribution < -0.4 is 0 Å². The molecule has 0 spiro atoms. The number of hydrogen-bond acceptors (Lipinski definition) is 6. The molecule has 0 aliphatic heterocycles. The SMILES string of the molecule is CC/C=C/C/C=C/C=C/C(O)CCCCCCCC(=O)O[C@@H](CO)COC(C)=O. The Morgan fingerprint density at radius 3 is 2.41 bits per heavy atom. The fraction of sp³-hybridized carbons (Fsp3) is 0.652. The highest BCUT2D eigenvalue weighted by Gasteiger charge is 2.14. The van der Waals surface area contributed by atoms with E-state index in [0.29, 0.717) is 6.42 Å². The van der Waals surface area contributed by atoms with Crippen molar-refractivity contribution >= 4 is 11.9 Å². The highest BCUT2D eigenvalue weighted by atomic mass is 16.6. The fourth-order valence-electron chi connectivity index (χ4n) is 2.52. The van der Waals surface area contributed by atoms with Crippen molar-refractivity contribution in [3.63, 3.8) is 0 Å². The van der Waals surface area contributed by atoms with E-state index in [1.807, 2.05) is 18.2 Å². The summed E-state index contributed by atoms with van der Waals surface area (Å²) < 4.78 is 9.80. The van der Waals surface area contributed by atoms with Gasteiger partial charge in [-0.15, -0.1) is 0 Å². The smallest absolute Gasteiger partial charge is 0.306 e. The molecular formula is C23H38O6. The van der Waals surface area contributed by atoms with Gasteiger partial charge >= 0.3 is 11.9 Å². The Kier molecular flexibility index (Phi) is 18.1. The van der Waals surface area contributed by atoms with Crippen LogP contribution in [0, 0.1) is 0 Å². The van der Waals surface area contributed by atoms with E-state index in [4.69, 9.17) is 14.6 Å². The van der Waals surface area contributed by atoms with Crippen LogP contribution in [0.1, 0.15) is 71.6 Å². The van der Waals surface area contributed by atoms with Crippen LogP contribution in [0.3, 0.4) is 0 Å². The standard InChI is InChI=1S/C23H38O6/c1-3-4-5-6-7-9-12-15-21(26)16-13-10-8-11-14-17-23(27)29-22(18-24)19-28-20(2)25/h4-5,7,9,12,15,21-22,24,26H,3,6,8,10-11,13-14,16-19H2,1-2H3/b5-4+,9-7+,15-12+/t21?,22-/m0/s1. The molecule has 0 saturated carbocycles. The number of rotatable bonds is 17. The van der Waals surface area contributed by atoms with Gasteiger partial charge in [0.15, 0.2) is 6.10 Å². The summed E-state index contributed by atoms with van der Waals surface area (Å²) >= 11 is 0. The first-order valence-corrected chi connectivity index (χ1v) is 10.6. The van der Waals surface area contributed by atoms with Crippen LogP contribution in [0.25, 0.3) is 0 Å². The molecule has 2 N–H and O–H groups in total. The topological polar surface area (TPSA) is 93.1 Å². The van der Waals surface area contributed by atoms with Gasteiger partial charge < -0.3 is 19.7 Å². The molecule has 0 fully saturated rings. The summed E-state index contributed by atoms with van der Waals surface area (Å²) in [6.45, 7) is 2.87. The van der Waals surface area contributed by atoms with Gasteiger partial charge in [0.1, 0.15) is 6.61 Å². The zero-order valence-electron chi connectivity index (χ0n) is 17.9. The maximum atomic E-state index is 11.7. The van der Waals surface area contributed by atoms with Crippen molar-refractivity contribution in [3.05, 3.63) is 36.5 Å². The predicted octanol–water partition coefficient (Wildman–Crippen LogP) is 4.01. The molecule has 0 radical (unpaired) electrons. The lowest BCUT2D eigenvalue weighted by Gasteiger charge is -2.15. The Morgan fingerprint density at radius 1 is 1.00 bits per heavy atom. The van der Waals surface area contributed by atoms with Crippen molar-refractivity contribution in [2.45, 2.75) is 83.8 Å². The molecule has 0 rings (SSSR count). The Bertz CT molecular complexity index is 509. The third kappa shape index (κ3) is 19.2. The molecule has 6 nitrogen and oxygen atoms in total. The van der Waals surface area contributed by atoms with Gasteiger partial charge in [0.25, 0.3) is 0 Å². The van der Waals surface area contributed by atoms with Gasteiger partial charge in [-0.2, -0.15) is 0 Å². The van der Waals surface area contributed by atoms with E-state index in [0.717, 1.165) is 44.9 Å². The summed E-state index contributed by atoms with van der Waals surface area (Å²) in [6.07, 6.45) is 18.3. The lowest BCUT2D eigenvalue weighted by molar-refractivity contribution is -0.160. The van der Waals surface area contributed by atoms with Crippen LogP contribution in [0.15, 0.2) is 36.5 Å². The number of ether oxygens (including phenoxy) is 2. The second-order valence-electron chi connectivity index (χ2n) is 6.90. The molecule has 2 atom stereocenters. The molecule has 1 unspecified atom stereocenters. The summed E-state index contributed by atoms with van der Waals surface area (Å²) in [5.74, 6) is -0.869. The van der Waals surface area contributed by atoms with Gasteiger partial charge in [-0.3, -0.25) is 9.59 Å². The third-order valence-electron chi connectivity index (χ3n) is 4.11. The molecular weight excluding hydrogens is 372 g/mol. The van der Waals surface area contributed by atoms with Gasteiger partial charge in [0.05, 0.1) is 12.7 Å². The first kappa shape index (κ1) is 27.1. The summed E-state index contributed by atoms with van der Waals surface area (Å²) in [5, 5.41) is 19.0. The quantitative estimate of drug-likeness (QED) is 0.163. The van der Waals surface area contributed by atoms with Crippen molar-refractivity contribution in [2.75, 3.05) is 13.2 Å². The first-order valence-electron chi connectivity index (χ1n) is 10.6. The largest absolute Gasteiger partial charge is 0.462 e. The normalized spacial score (nSPS) is 13.9. The van der Waals surface area contributed by atoms with E-state index >= 15 is 0 Å². The number of hydrogen-bond donors (Lipinski definition) is 2.